The van der Waals surface area contributed by atoms with Crippen LogP contribution in [0.1, 0.15) is 48.4 Å². The average Bonchev–Trinajstić information content (AvgIpc) is 2.91. The first-order valence-electron chi connectivity index (χ1n) is 13.9. The lowest BCUT2D eigenvalue weighted by Crippen LogP contribution is -2.50. The number of hydrogen-bond donors (Lipinski definition) is 1. The number of nitrogens with one attached hydrogen (secondary N) is 1. The van der Waals surface area contributed by atoms with Crippen molar-refractivity contribution < 1.29 is 18.0 Å². The summed E-state index contributed by atoms with van der Waals surface area (Å²) in [4.78, 5) is 28.9. The van der Waals surface area contributed by atoms with Crippen LogP contribution in [-0.2, 0) is 32.6 Å². The van der Waals surface area contributed by atoms with Gasteiger partial charge in [-0.1, -0.05) is 67.1 Å². The number of hydrogen-bond acceptors (Lipinski definition) is 4. The molecule has 0 saturated carbocycles. The molecular formula is C32H40ClN3O4S. The van der Waals surface area contributed by atoms with Gasteiger partial charge in [0, 0.05) is 37.5 Å². The van der Waals surface area contributed by atoms with Gasteiger partial charge >= 0.3 is 0 Å². The van der Waals surface area contributed by atoms with Gasteiger partial charge in [-0.15, -0.1) is 0 Å². The highest BCUT2D eigenvalue weighted by atomic mass is 35.5. The first kappa shape index (κ1) is 32.2. The van der Waals surface area contributed by atoms with Crippen molar-refractivity contribution in [2.45, 2.75) is 59.0 Å². The molecule has 0 radical (unpaired) electrons. The molecule has 0 aliphatic carbocycles. The number of sulfonamides is 1. The van der Waals surface area contributed by atoms with Gasteiger partial charge in [-0.05, 0) is 73.2 Å². The van der Waals surface area contributed by atoms with Crippen molar-refractivity contribution >= 4 is 39.1 Å². The van der Waals surface area contributed by atoms with Crippen LogP contribution >= 0.6 is 11.6 Å². The summed E-state index contributed by atoms with van der Waals surface area (Å²) in [5.41, 5.74) is 4.24. The molecule has 0 saturated heterocycles. The fourth-order valence-electron chi connectivity index (χ4n) is 4.85. The van der Waals surface area contributed by atoms with Gasteiger partial charge in [0.25, 0.3) is 0 Å². The van der Waals surface area contributed by atoms with Crippen molar-refractivity contribution in [3.05, 3.63) is 100 Å². The van der Waals surface area contributed by atoms with Crippen LogP contribution in [0.2, 0.25) is 5.02 Å². The summed E-state index contributed by atoms with van der Waals surface area (Å²) in [5, 5.41) is 3.51. The molecule has 0 aliphatic heterocycles. The predicted molar refractivity (Wildman–Crippen MR) is 167 cm³/mol. The maximum Gasteiger partial charge on any atom is 0.243 e. The van der Waals surface area contributed by atoms with Gasteiger partial charge in [0.15, 0.2) is 0 Å². The molecule has 0 aliphatic rings. The summed E-state index contributed by atoms with van der Waals surface area (Å²) in [6, 6.07) is 21.7. The number of amides is 2. The predicted octanol–water partition coefficient (Wildman–Crippen LogP) is 5.67. The molecule has 41 heavy (non-hydrogen) atoms. The van der Waals surface area contributed by atoms with Crippen molar-refractivity contribution in [1.29, 1.82) is 0 Å². The van der Waals surface area contributed by atoms with E-state index in [1.807, 2.05) is 81.4 Å². The first-order chi connectivity index (χ1) is 19.5. The number of halogens is 1. The summed E-state index contributed by atoms with van der Waals surface area (Å²) in [7, 11) is -3.57. The molecule has 0 aromatic heterocycles. The Labute approximate surface area is 249 Å². The zero-order chi connectivity index (χ0) is 30.0. The van der Waals surface area contributed by atoms with Crippen LogP contribution in [0.25, 0.3) is 0 Å². The van der Waals surface area contributed by atoms with Crippen LogP contribution in [0.5, 0.6) is 0 Å². The van der Waals surface area contributed by atoms with E-state index in [0.717, 1.165) is 28.7 Å². The molecular weight excluding hydrogens is 558 g/mol. The van der Waals surface area contributed by atoms with Crippen LogP contribution in [0.15, 0.2) is 72.8 Å². The molecule has 220 valence electrons. The highest BCUT2D eigenvalue weighted by Crippen LogP contribution is 2.23. The van der Waals surface area contributed by atoms with Gasteiger partial charge in [-0.25, -0.2) is 8.42 Å². The molecule has 3 aromatic rings. The minimum absolute atomic E-state index is 0.0731. The molecule has 3 rings (SSSR count). The Balaban J connectivity index is 1.88. The SMILES string of the molecule is CCCNC(=O)C(Cc1ccccc1)N(Cc1cccc(Cl)c1)C(=O)CCCN(c1cc(C)cc(C)c1)S(C)(=O)=O. The number of carbonyl (C=O) groups excluding carboxylic acids is 2. The second-order valence-electron chi connectivity index (χ2n) is 10.4. The van der Waals surface area contributed by atoms with Gasteiger partial charge in [0.1, 0.15) is 6.04 Å². The summed E-state index contributed by atoms with van der Waals surface area (Å²) in [5.74, 6) is -0.453. The molecule has 0 heterocycles. The summed E-state index contributed by atoms with van der Waals surface area (Å²) < 4.78 is 26.8. The zero-order valence-corrected chi connectivity index (χ0v) is 25.8. The Morgan fingerprint density at radius 2 is 1.59 bits per heavy atom. The second-order valence-corrected chi connectivity index (χ2v) is 12.8. The topological polar surface area (TPSA) is 86.8 Å². The Morgan fingerprint density at radius 3 is 2.20 bits per heavy atom. The quantitative estimate of drug-likeness (QED) is 0.259. The lowest BCUT2D eigenvalue weighted by Gasteiger charge is -2.32. The number of rotatable bonds is 14. The van der Waals surface area contributed by atoms with Crippen molar-refractivity contribution in [1.82, 2.24) is 10.2 Å². The van der Waals surface area contributed by atoms with E-state index >= 15 is 0 Å². The largest absolute Gasteiger partial charge is 0.354 e. The van der Waals surface area contributed by atoms with Gasteiger partial charge in [0.2, 0.25) is 21.8 Å². The third-order valence-corrected chi connectivity index (χ3v) is 8.14. The molecule has 3 aromatic carbocycles. The van der Waals surface area contributed by atoms with E-state index in [1.165, 1.54) is 10.6 Å². The monoisotopic (exact) mass is 597 g/mol. The smallest absolute Gasteiger partial charge is 0.243 e. The fraction of sp³-hybridized carbons (Fsp3) is 0.375. The van der Waals surface area contributed by atoms with Crippen LogP contribution in [-0.4, -0.2) is 50.5 Å². The molecule has 7 nitrogen and oxygen atoms in total. The minimum atomic E-state index is -3.57. The fourth-order valence-corrected chi connectivity index (χ4v) is 6.01. The third kappa shape index (κ3) is 9.90. The van der Waals surface area contributed by atoms with Crippen LogP contribution in [0, 0.1) is 13.8 Å². The van der Waals surface area contributed by atoms with Crippen molar-refractivity contribution in [3.8, 4) is 0 Å². The maximum absolute atomic E-state index is 13.9. The Bertz CT molecular complexity index is 1410. The number of benzene rings is 3. The van der Waals surface area contributed by atoms with Crippen molar-refractivity contribution in [2.24, 2.45) is 0 Å². The van der Waals surface area contributed by atoms with Crippen molar-refractivity contribution in [2.75, 3.05) is 23.7 Å². The van der Waals surface area contributed by atoms with Crippen molar-refractivity contribution in [3.63, 3.8) is 0 Å². The Kier molecular flexibility index (Phi) is 11.8. The van der Waals surface area contributed by atoms with Gasteiger partial charge in [0.05, 0.1) is 11.9 Å². The minimum Gasteiger partial charge on any atom is -0.354 e. The molecule has 1 atom stereocenters. The molecule has 9 heteroatoms. The van der Waals surface area contributed by atoms with E-state index in [4.69, 9.17) is 11.6 Å². The molecule has 0 bridgehead atoms. The average molecular weight is 598 g/mol. The highest BCUT2D eigenvalue weighted by molar-refractivity contribution is 7.92. The van der Waals surface area contributed by atoms with Crippen LogP contribution < -0.4 is 9.62 Å². The normalized spacial score (nSPS) is 12.0. The Hall–Kier alpha value is -3.36. The summed E-state index contributed by atoms with van der Waals surface area (Å²) >= 11 is 6.24. The molecule has 0 spiro atoms. The lowest BCUT2D eigenvalue weighted by atomic mass is 10.0. The number of carbonyl (C=O) groups is 2. The maximum atomic E-state index is 13.9. The van der Waals surface area contributed by atoms with E-state index < -0.39 is 16.1 Å². The molecule has 2 amide bonds. The third-order valence-electron chi connectivity index (χ3n) is 6.71. The Morgan fingerprint density at radius 1 is 0.927 bits per heavy atom. The molecule has 1 N–H and O–H groups in total. The van der Waals surface area contributed by atoms with E-state index in [1.54, 1.807) is 17.0 Å². The standard InChI is InChI=1S/C32H40ClN3O4S/c1-5-16-34-32(38)30(22-26-11-7-6-8-12-26)35(23-27-13-9-14-28(33)21-27)31(37)15-10-17-36(41(4,39)40)29-19-24(2)18-25(3)20-29/h6-9,11-14,18-21,30H,5,10,15-17,22-23H2,1-4H3,(H,34,38). The van der Waals surface area contributed by atoms with Crippen LogP contribution in [0.4, 0.5) is 5.69 Å². The first-order valence-corrected chi connectivity index (χ1v) is 16.1. The van der Waals surface area contributed by atoms with Crippen LogP contribution in [0.3, 0.4) is 0 Å². The molecule has 0 fully saturated rings. The van der Waals surface area contributed by atoms with Gasteiger partial charge in [-0.3, -0.25) is 13.9 Å². The number of nitrogens with zero attached hydrogens (tertiary/aromatic N) is 2. The van der Waals surface area contributed by atoms with E-state index in [-0.39, 0.29) is 31.3 Å². The summed E-state index contributed by atoms with van der Waals surface area (Å²) in [6.07, 6.45) is 2.65. The lowest BCUT2D eigenvalue weighted by molar-refractivity contribution is -0.141. The van der Waals surface area contributed by atoms with Gasteiger partial charge in [-0.2, -0.15) is 0 Å². The van der Waals surface area contributed by atoms with E-state index in [0.29, 0.717) is 30.1 Å². The highest BCUT2D eigenvalue weighted by Gasteiger charge is 2.30. The number of aryl methyl sites for hydroxylation is 2. The summed E-state index contributed by atoms with van der Waals surface area (Å²) in [6.45, 7) is 6.66. The van der Waals surface area contributed by atoms with Gasteiger partial charge < -0.3 is 10.2 Å². The molecule has 1 unspecified atom stereocenters. The van der Waals surface area contributed by atoms with E-state index in [2.05, 4.69) is 5.32 Å². The number of anilines is 1. The second kappa shape index (κ2) is 15.0. The van der Waals surface area contributed by atoms with E-state index in [9.17, 15) is 18.0 Å². The zero-order valence-electron chi connectivity index (χ0n) is 24.3.